The lowest BCUT2D eigenvalue weighted by atomic mass is 10.0. The molecule has 0 spiro atoms. The Bertz CT molecular complexity index is 406. The normalized spacial score (nSPS) is 33.6. The second kappa shape index (κ2) is 5.63. The van der Waals surface area contributed by atoms with Crippen LogP contribution in [0, 0.1) is 0 Å². The van der Waals surface area contributed by atoms with Crippen LogP contribution in [-0.4, -0.2) is 21.3 Å². The van der Waals surface area contributed by atoms with Crippen molar-refractivity contribution in [1.29, 1.82) is 0 Å². The zero-order valence-corrected chi connectivity index (χ0v) is 12.6. The largest absolute Gasteiger partial charge is 0.305 e. The van der Waals surface area contributed by atoms with Crippen molar-refractivity contribution in [2.45, 2.75) is 37.6 Å². The number of benzene rings is 1. The first kappa shape index (κ1) is 13.2. The van der Waals surface area contributed by atoms with Crippen molar-refractivity contribution >= 4 is 26.7 Å². The smallest absolute Gasteiger partial charge is 0.0515 e. The lowest BCUT2D eigenvalue weighted by Gasteiger charge is -2.35. The predicted molar refractivity (Wildman–Crippen MR) is 76.6 cm³/mol. The Morgan fingerprint density at radius 2 is 2.06 bits per heavy atom. The van der Waals surface area contributed by atoms with Crippen LogP contribution in [0.25, 0.3) is 0 Å². The van der Waals surface area contributed by atoms with Gasteiger partial charge in [-0.1, -0.05) is 35.0 Å². The van der Waals surface area contributed by atoms with E-state index < -0.39 is 10.8 Å². The summed E-state index contributed by atoms with van der Waals surface area (Å²) in [4.78, 5) is 0. The fourth-order valence-electron chi connectivity index (χ4n) is 2.21. The molecule has 4 unspecified atom stereocenters. The average Bonchev–Trinajstić information content (AvgIpc) is 2.34. The molecule has 1 aromatic carbocycles. The Hall–Kier alpha value is -0.190. The van der Waals surface area contributed by atoms with Crippen LogP contribution in [0.15, 0.2) is 28.7 Å². The molecule has 1 aliphatic rings. The number of hydrogen-bond acceptors (Lipinski definition) is 2. The first-order valence-electron chi connectivity index (χ1n) is 6.00. The molecule has 0 aromatic heterocycles. The van der Waals surface area contributed by atoms with Crippen molar-refractivity contribution in [3.8, 4) is 0 Å². The fourth-order valence-corrected chi connectivity index (χ4v) is 4.05. The van der Waals surface area contributed by atoms with E-state index in [1.807, 2.05) is 12.1 Å². The molecule has 4 heteroatoms. The quantitative estimate of drug-likeness (QED) is 0.909. The van der Waals surface area contributed by atoms with Crippen LogP contribution in [0.2, 0.25) is 0 Å². The third-order valence-electron chi connectivity index (χ3n) is 3.39. The number of halogens is 1. The summed E-state index contributed by atoms with van der Waals surface area (Å²) in [5, 5.41) is 3.79. The Morgan fingerprint density at radius 1 is 1.41 bits per heavy atom. The number of nitrogens with one attached hydrogen (secondary N) is 1. The number of rotatable bonds is 2. The molecular weight excluding hydrogens is 298 g/mol. The minimum atomic E-state index is -0.725. The SMILES string of the molecule is CCC1CS(=O)C(C)C(c2ccc(Br)cc2)N1. The van der Waals surface area contributed by atoms with E-state index in [1.165, 1.54) is 5.56 Å². The first-order chi connectivity index (χ1) is 8.11. The van der Waals surface area contributed by atoms with Crippen LogP contribution in [0.5, 0.6) is 0 Å². The second-order valence-electron chi connectivity index (χ2n) is 4.55. The maximum atomic E-state index is 12.1. The van der Waals surface area contributed by atoms with Crippen LogP contribution in [0.4, 0.5) is 0 Å². The fraction of sp³-hybridized carbons (Fsp3) is 0.538. The minimum Gasteiger partial charge on any atom is -0.305 e. The monoisotopic (exact) mass is 315 g/mol. The molecule has 1 aliphatic heterocycles. The van der Waals surface area contributed by atoms with Crippen molar-refractivity contribution in [2.24, 2.45) is 0 Å². The Morgan fingerprint density at radius 3 is 2.65 bits per heavy atom. The number of hydrogen-bond donors (Lipinski definition) is 1. The maximum Gasteiger partial charge on any atom is 0.0515 e. The molecule has 1 fully saturated rings. The average molecular weight is 316 g/mol. The van der Waals surface area contributed by atoms with E-state index in [2.05, 4.69) is 47.2 Å². The van der Waals surface area contributed by atoms with Gasteiger partial charge in [-0.25, -0.2) is 0 Å². The van der Waals surface area contributed by atoms with E-state index in [-0.39, 0.29) is 11.3 Å². The molecule has 94 valence electrons. The van der Waals surface area contributed by atoms with Crippen molar-refractivity contribution < 1.29 is 4.21 Å². The third kappa shape index (κ3) is 2.98. The highest BCUT2D eigenvalue weighted by Gasteiger charge is 2.32. The highest BCUT2D eigenvalue weighted by Crippen LogP contribution is 2.27. The Balaban J connectivity index is 2.23. The van der Waals surface area contributed by atoms with Crippen molar-refractivity contribution in [3.63, 3.8) is 0 Å². The van der Waals surface area contributed by atoms with Gasteiger partial charge in [-0.15, -0.1) is 0 Å². The standard InChI is InChI=1S/C13H18BrNOS/c1-3-12-8-17(16)9(2)13(15-12)10-4-6-11(14)7-5-10/h4-7,9,12-13,15H,3,8H2,1-2H3. The Kier molecular flexibility index (Phi) is 4.39. The van der Waals surface area contributed by atoms with Gasteiger partial charge in [0.15, 0.2) is 0 Å². The van der Waals surface area contributed by atoms with E-state index in [0.717, 1.165) is 16.6 Å². The summed E-state index contributed by atoms with van der Waals surface area (Å²) in [6.45, 7) is 4.21. The van der Waals surface area contributed by atoms with Gasteiger partial charge in [0.1, 0.15) is 0 Å². The molecule has 0 saturated carbocycles. The van der Waals surface area contributed by atoms with Crippen LogP contribution in [-0.2, 0) is 10.8 Å². The molecule has 2 nitrogen and oxygen atoms in total. The predicted octanol–water partition coefficient (Wildman–Crippen LogP) is 3.01. The molecule has 0 aliphatic carbocycles. The molecule has 1 aromatic rings. The molecule has 17 heavy (non-hydrogen) atoms. The summed E-state index contributed by atoms with van der Waals surface area (Å²) in [6, 6.07) is 8.88. The topological polar surface area (TPSA) is 29.1 Å². The van der Waals surface area contributed by atoms with Gasteiger partial charge in [-0.2, -0.15) is 0 Å². The highest BCUT2D eigenvalue weighted by atomic mass is 79.9. The minimum absolute atomic E-state index is 0.180. The summed E-state index contributed by atoms with van der Waals surface area (Å²) in [5.41, 5.74) is 1.23. The summed E-state index contributed by atoms with van der Waals surface area (Å²) in [7, 11) is -0.725. The van der Waals surface area contributed by atoms with Crippen molar-refractivity contribution in [3.05, 3.63) is 34.3 Å². The van der Waals surface area contributed by atoms with Crippen LogP contribution in [0.3, 0.4) is 0 Å². The van der Waals surface area contributed by atoms with Gasteiger partial charge >= 0.3 is 0 Å². The summed E-state index contributed by atoms with van der Waals surface area (Å²) in [5.74, 6) is 0.782. The molecule has 0 radical (unpaired) electrons. The van der Waals surface area contributed by atoms with Crippen molar-refractivity contribution in [2.75, 3.05) is 5.75 Å². The van der Waals surface area contributed by atoms with E-state index >= 15 is 0 Å². The van der Waals surface area contributed by atoms with Gasteiger partial charge in [0.2, 0.25) is 0 Å². The van der Waals surface area contributed by atoms with E-state index in [1.54, 1.807) is 0 Å². The zero-order chi connectivity index (χ0) is 12.4. The van der Waals surface area contributed by atoms with Gasteiger partial charge in [0.25, 0.3) is 0 Å². The summed E-state index contributed by atoms with van der Waals surface area (Å²) in [6.07, 6.45) is 1.03. The van der Waals surface area contributed by atoms with Gasteiger partial charge in [-0.05, 0) is 31.0 Å². The highest BCUT2D eigenvalue weighted by molar-refractivity contribution is 9.10. The third-order valence-corrected chi connectivity index (χ3v) is 5.75. The molecule has 1 N–H and O–H groups in total. The van der Waals surface area contributed by atoms with Gasteiger partial charge in [-0.3, -0.25) is 4.21 Å². The van der Waals surface area contributed by atoms with E-state index in [9.17, 15) is 4.21 Å². The molecule has 4 atom stereocenters. The first-order valence-corrected chi connectivity index (χ1v) is 8.18. The van der Waals surface area contributed by atoms with Crippen LogP contribution >= 0.6 is 15.9 Å². The van der Waals surface area contributed by atoms with E-state index in [0.29, 0.717) is 6.04 Å². The van der Waals surface area contributed by atoms with Gasteiger partial charge in [0.05, 0.1) is 5.25 Å². The molecule has 0 bridgehead atoms. The zero-order valence-electron chi connectivity index (χ0n) is 10.2. The summed E-state index contributed by atoms with van der Waals surface area (Å²) >= 11 is 3.44. The second-order valence-corrected chi connectivity index (χ2v) is 7.31. The lowest BCUT2D eigenvalue weighted by molar-refractivity contribution is 0.421. The molecule has 1 saturated heterocycles. The van der Waals surface area contributed by atoms with Crippen LogP contribution in [0.1, 0.15) is 31.9 Å². The Labute approximate surface area is 114 Å². The van der Waals surface area contributed by atoms with E-state index in [4.69, 9.17) is 0 Å². The molecular formula is C13H18BrNOS. The molecule has 1 heterocycles. The van der Waals surface area contributed by atoms with Gasteiger partial charge < -0.3 is 5.32 Å². The van der Waals surface area contributed by atoms with Gasteiger partial charge in [0, 0.05) is 33.1 Å². The lowest BCUT2D eigenvalue weighted by Crippen LogP contribution is -2.48. The molecule has 2 rings (SSSR count). The molecule has 0 amide bonds. The summed E-state index contributed by atoms with van der Waals surface area (Å²) < 4.78 is 13.2. The van der Waals surface area contributed by atoms with Crippen LogP contribution < -0.4 is 5.32 Å². The van der Waals surface area contributed by atoms with Crippen molar-refractivity contribution in [1.82, 2.24) is 5.32 Å². The maximum absolute atomic E-state index is 12.1.